The van der Waals surface area contributed by atoms with E-state index in [2.05, 4.69) is 25.6 Å². The first-order valence-corrected chi connectivity index (χ1v) is 7.31. The summed E-state index contributed by atoms with van der Waals surface area (Å²) in [7, 11) is 0. The van der Waals surface area contributed by atoms with Gasteiger partial charge in [0.05, 0.1) is 5.69 Å². The van der Waals surface area contributed by atoms with Gasteiger partial charge >= 0.3 is 0 Å². The van der Waals surface area contributed by atoms with Crippen molar-refractivity contribution in [3.63, 3.8) is 0 Å². The highest BCUT2D eigenvalue weighted by molar-refractivity contribution is 9.10. The molecule has 0 aromatic heterocycles. The third kappa shape index (κ3) is 2.46. The summed E-state index contributed by atoms with van der Waals surface area (Å²) in [5.41, 5.74) is 1.60. The van der Waals surface area contributed by atoms with Crippen LogP contribution in [-0.2, 0) is 16.2 Å². The third-order valence-electron chi connectivity index (χ3n) is 2.41. The Balaban J connectivity index is 2.48. The minimum absolute atomic E-state index is 0.228. The smallest absolute Gasteiger partial charge is 0.279 e. The van der Waals surface area contributed by atoms with Crippen LogP contribution in [0.5, 0.6) is 0 Å². The van der Waals surface area contributed by atoms with Crippen LogP contribution in [0.15, 0.2) is 27.1 Å². The molecule has 1 aromatic carbocycles. The summed E-state index contributed by atoms with van der Waals surface area (Å²) < 4.78 is 16.4. The Bertz CT molecular complexity index is 537. The number of nitrogens with one attached hydrogen (secondary N) is 1. The minimum atomic E-state index is -1.46. The lowest BCUT2D eigenvalue weighted by Gasteiger charge is -2.18. The van der Waals surface area contributed by atoms with E-state index in [4.69, 9.17) is 0 Å². The quantitative estimate of drug-likeness (QED) is 0.805. The van der Waals surface area contributed by atoms with Gasteiger partial charge in [0, 0.05) is 10.0 Å². The predicted molar refractivity (Wildman–Crippen MR) is 77.2 cm³/mol. The highest BCUT2D eigenvalue weighted by Crippen LogP contribution is 2.31. The maximum atomic E-state index is 12.0. The van der Waals surface area contributed by atoms with E-state index >= 15 is 0 Å². The van der Waals surface area contributed by atoms with Crippen LogP contribution < -0.4 is 5.32 Å². The molecule has 1 aliphatic rings. The highest BCUT2D eigenvalue weighted by atomic mass is 79.9. The molecule has 0 radical (unpaired) electrons. The fourth-order valence-electron chi connectivity index (χ4n) is 1.47. The van der Waals surface area contributed by atoms with E-state index in [9.17, 15) is 9.35 Å². The van der Waals surface area contributed by atoms with E-state index < -0.39 is 16.1 Å². The molecule has 18 heavy (non-hydrogen) atoms. The van der Waals surface area contributed by atoms with Crippen LogP contribution in [0.3, 0.4) is 0 Å². The number of benzene rings is 1. The molecular formula is C12H13BrN2O2S. The summed E-state index contributed by atoms with van der Waals surface area (Å²) in [5, 5.41) is 2.71. The molecule has 1 atom stereocenters. The number of fused-ring (bicyclic) bond motifs is 1. The lowest BCUT2D eigenvalue weighted by atomic mass is 10.1. The van der Waals surface area contributed by atoms with Gasteiger partial charge in [0.2, 0.25) is 0 Å². The number of hydrogen-bond acceptors (Lipinski definition) is 3. The Morgan fingerprint density at radius 2 is 2.06 bits per heavy atom. The van der Waals surface area contributed by atoms with Crippen LogP contribution in [0.4, 0.5) is 5.69 Å². The Morgan fingerprint density at radius 1 is 1.39 bits per heavy atom. The van der Waals surface area contributed by atoms with Crippen LogP contribution in [0.1, 0.15) is 26.3 Å². The average Bonchev–Trinajstić information content (AvgIpc) is 2.55. The van der Waals surface area contributed by atoms with Crippen LogP contribution in [-0.4, -0.2) is 20.9 Å². The Morgan fingerprint density at radius 3 is 2.67 bits per heavy atom. The first-order valence-electron chi connectivity index (χ1n) is 5.41. The number of halogens is 1. The second kappa shape index (κ2) is 4.68. The van der Waals surface area contributed by atoms with Gasteiger partial charge in [-0.3, -0.25) is 4.79 Å². The molecule has 0 aliphatic carbocycles. The maximum Gasteiger partial charge on any atom is 0.279 e. The van der Waals surface area contributed by atoms with Crippen LogP contribution in [0.2, 0.25) is 0 Å². The van der Waals surface area contributed by atoms with E-state index in [1.165, 1.54) is 0 Å². The molecule has 0 spiro atoms. The summed E-state index contributed by atoms with van der Waals surface area (Å²) in [4.78, 5) is 11.8. The van der Waals surface area contributed by atoms with Gasteiger partial charge in [-0.15, -0.1) is 0 Å². The number of carbonyl (C=O) groups is 1. The maximum absolute atomic E-state index is 12.0. The van der Waals surface area contributed by atoms with E-state index in [1.807, 2.05) is 32.9 Å². The molecule has 6 heteroatoms. The zero-order valence-electron chi connectivity index (χ0n) is 10.3. The Hall–Kier alpha value is -0.850. The standard InChI is InChI=1S/C12H13BrN2O2S/c1-12(2,3)18(17)15-10-9-7(13)5-4-6-8(9)14-11(10)16/h4-6H,1-3H3,(H,14,15,16). The van der Waals surface area contributed by atoms with Crippen molar-refractivity contribution in [1.29, 1.82) is 0 Å². The summed E-state index contributed by atoms with van der Waals surface area (Å²) in [6.07, 6.45) is 0. The fourth-order valence-corrected chi connectivity index (χ4v) is 2.64. The summed E-state index contributed by atoms with van der Waals surface area (Å²) in [5.74, 6) is -0.311. The molecule has 1 unspecified atom stereocenters. The number of nitrogens with zero attached hydrogens (tertiary/aromatic N) is 1. The molecule has 1 aliphatic heterocycles. The summed E-state index contributed by atoms with van der Waals surface area (Å²) >= 11 is 1.93. The number of amides is 1. The molecule has 1 N–H and O–H groups in total. The normalized spacial score (nSPS) is 18.7. The van der Waals surface area contributed by atoms with Crippen LogP contribution in [0, 0.1) is 0 Å². The molecule has 4 nitrogen and oxygen atoms in total. The minimum Gasteiger partial charge on any atom is -0.591 e. The lowest BCUT2D eigenvalue weighted by molar-refractivity contribution is -0.110. The van der Waals surface area contributed by atoms with Crippen molar-refractivity contribution in [2.75, 3.05) is 5.32 Å². The molecule has 0 saturated carbocycles. The molecule has 1 aromatic rings. The van der Waals surface area contributed by atoms with Crippen LogP contribution in [0.25, 0.3) is 0 Å². The zero-order valence-corrected chi connectivity index (χ0v) is 12.7. The van der Waals surface area contributed by atoms with Gasteiger partial charge in [-0.25, -0.2) is 0 Å². The summed E-state index contributed by atoms with van der Waals surface area (Å²) in [6, 6.07) is 5.45. The van der Waals surface area contributed by atoms with E-state index in [0.29, 0.717) is 11.3 Å². The first-order chi connectivity index (χ1) is 8.30. The molecule has 96 valence electrons. The monoisotopic (exact) mass is 328 g/mol. The van der Waals surface area contributed by atoms with Gasteiger partial charge in [0.1, 0.15) is 16.1 Å². The topological polar surface area (TPSA) is 64.5 Å². The van der Waals surface area contributed by atoms with E-state index in [-0.39, 0.29) is 11.6 Å². The molecule has 0 saturated heterocycles. The van der Waals surface area contributed by atoms with Gasteiger partial charge in [-0.05, 0) is 32.9 Å². The Labute approximate surface area is 117 Å². The molecule has 0 bridgehead atoms. The van der Waals surface area contributed by atoms with Gasteiger partial charge in [-0.2, -0.15) is 0 Å². The van der Waals surface area contributed by atoms with Crippen molar-refractivity contribution >= 4 is 44.6 Å². The lowest BCUT2D eigenvalue weighted by Crippen LogP contribution is -2.28. The van der Waals surface area contributed by atoms with Gasteiger partial charge < -0.3 is 9.87 Å². The molecule has 2 rings (SSSR count). The van der Waals surface area contributed by atoms with Gasteiger partial charge in [0.25, 0.3) is 5.91 Å². The summed E-state index contributed by atoms with van der Waals surface area (Å²) in [6.45, 7) is 5.46. The first kappa shape index (κ1) is 13.6. The molecule has 1 amide bonds. The number of rotatable bonds is 1. The average molecular weight is 329 g/mol. The third-order valence-corrected chi connectivity index (χ3v) is 4.47. The number of hydrogen-bond donors (Lipinski definition) is 1. The zero-order chi connectivity index (χ0) is 13.5. The fraction of sp³-hybridized carbons (Fsp3) is 0.333. The van der Waals surface area contributed by atoms with Gasteiger partial charge in [0.15, 0.2) is 5.71 Å². The van der Waals surface area contributed by atoms with Gasteiger partial charge in [-0.1, -0.05) is 26.4 Å². The Kier molecular flexibility index (Phi) is 3.53. The molecular weight excluding hydrogens is 316 g/mol. The highest BCUT2D eigenvalue weighted by Gasteiger charge is 2.34. The molecule has 1 heterocycles. The van der Waals surface area contributed by atoms with E-state index in [1.54, 1.807) is 6.07 Å². The van der Waals surface area contributed by atoms with Crippen molar-refractivity contribution in [3.05, 3.63) is 28.2 Å². The SMILES string of the molecule is CC(C)(C)[S+]([O-])N=C1C(=O)Nc2cccc(Br)c21. The molecule has 0 fully saturated rings. The second-order valence-corrected chi connectivity index (χ2v) is 7.68. The van der Waals surface area contributed by atoms with Crippen molar-refractivity contribution in [2.45, 2.75) is 25.5 Å². The second-order valence-electron chi connectivity index (χ2n) is 4.92. The van der Waals surface area contributed by atoms with Crippen molar-refractivity contribution < 1.29 is 9.35 Å². The van der Waals surface area contributed by atoms with Crippen molar-refractivity contribution in [1.82, 2.24) is 0 Å². The number of anilines is 1. The van der Waals surface area contributed by atoms with Crippen molar-refractivity contribution in [3.8, 4) is 0 Å². The predicted octanol–water partition coefficient (Wildman–Crippen LogP) is 2.65. The van der Waals surface area contributed by atoms with Crippen LogP contribution >= 0.6 is 15.9 Å². The largest absolute Gasteiger partial charge is 0.591 e. The number of carbonyl (C=O) groups excluding carboxylic acids is 1. The van der Waals surface area contributed by atoms with E-state index in [0.717, 1.165) is 4.47 Å². The van der Waals surface area contributed by atoms with Crippen molar-refractivity contribution in [2.24, 2.45) is 4.40 Å².